The van der Waals surface area contributed by atoms with E-state index in [1.165, 1.54) is 11.8 Å². The number of halogens is 2. The maximum absolute atomic E-state index is 13.2. The average molecular weight is 467 g/mol. The number of hydrogen-bond donors (Lipinski definition) is 1. The predicted molar refractivity (Wildman–Crippen MR) is 126 cm³/mol. The predicted octanol–water partition coefficient (Wildman–Crippen LogP) is 5.73. The van der Waals surface area contributed by atoms with Crippen LogP contribution >= 0.6 is 35.0 Å². The molecule has 0 saturated heterocycles. The third-order valence-corrected chi connectivity index (χ3v) is 6.30. The maximum atomic E-state index is 13.2. The van der Waals surface area contributed by atoms with E-state index in [1.54, 1.807) is 23.1 Å². The molecule has 0 fully saturated rings. The normalized spacial score (nSPS) is 12.0. The number of rotatable bonds is 9. The van der Waals surface area contributed by atoms with Gasteiger partial charge in [-0.2, -0.15) is 0 Å². The highest BCUT2D eigenvalue weighted by Crippen LogP contribution is 2.28. The molecule has 2 aromatic carbocycles. The lowest BCUT2D eigenvalue weighted by molar-refractivity contribution is -0.139. The molecule has 162 valence electrons. The molecule has 7 heteroatoms. The second-order valence-corrected chi connectivity index (χ2v) is 9.27. The molecule has 2 aromatic rings. The first-order valence-electron chi connectivity index (χ1n) is 9.95. The first kappa shape index (κ1) is 24.6. The Hall–Kier alpha value is -1.69. The molecule has 0 spiro atoms. The van der Waals surface area contributed by atoms with E-state index in [0.717, 1.165) is 10.5 Å². The number of aryl methyl sites for hydroxylation is 1. The fourth-order valence-corrected chi connectivity index (χ4v) is 4.32. The number of thioether (sulfide) groups is 1. The minimum absolute atomic E-state index is 0.0191. The van der Waals surface area contributed by atoms with Crippen LogP contribution in [0.2, 0.25) is 10.0 Å². The Bertz CT molecular complexity index is 852. The van der Waals surface area contributed by atoms with Crippen molar-refractivity contribution < 1.29 is 9.59 Å². The molecule has 1 atom stereocenters. The Balaban J connectivity index is 2.27. The van der Waals surface area contributed by atoms with Crippen molar-refractivity contribution in [2.24, 2.45) is 0 Å². The smallest absolute Gasteiger partial charge is 0.243 e. The van der Waals surface area contributed by atoms with Gasteiger partial charge in [-0.25, -0.2) is 0 Å². The molecular weight excluding hydrogens is 439 g/mol. The summed E-state index contributed by atoms with van der Waals surface area (Å²) in [5.74, 6) is -0.0944. The summed E-state index contributed by atoms with van der Waals surface area (Å²) in [6, 6.07) is 12.6. The zero-order chi connectivity index (χ0) is 22.3. The molecule has 0 radical (unpaired) electrons. The van der Waals surface area contributed by atoms with Crippen LogP contribution in [0.5, 0.6) is 0 Å². The molecule has 2 amide bonds. The van der Waals surface area contributed by atoms with Crippen molar-refractivity contribution in [2.75, 3.05) is 5.75 Å². The summed E-state index contributed by atoms with van der Waals surface area (Å²) in [6.45, 7) is 7.89. The van der Waals surface area contributed by atoms with Crippen LogP contribution in [0.3, 0.4) is 0 Å². The summed E-state index contributed by atoms with van der Waals surface area (Å²) in [5.41, 5.74) is 1.81. The molecule has 0 aliphatic carbocycles. The van der Waals surface area contributed by atoms with Crippen LogP contribution in [0.15, 0.2) is 47.4 Å². The zero-order valence-electron chi connectivity index (χ0n) is 17.7. The van der Waals surface area contributed by atoms with Gasteiger partial charge in [0.1, 0.15) is 6.04 Å². The Kier molecular flexibility index (Phi) is 9.53. The highest BCUT2D eigenvalue weighted by Gasteiger charge is 2.30. The number of amides is 2. The Morgan fingerprint density at radius 1 is 1.07 bits per heavy atom. The molecular formula is C23H28Cl2N2O2S. The van der Waals surface area contributed by atoms with E-state index in [1.807, 2.05) is 52.0 Å². The minimum Gasteiger partial charge on any atom is -0.352 e. The standard InChI is InChI=1S/C23H28Cl2N2O2S/c1-5-21(23(29)26-15(2)3)27(13-18-19(24)7-6-8-20(18)25)22(28)14-30-17-11-9-16(4)10-12-17/h6-12,15,21H,5,13-14H2,1-4H3,(H,26,29)/t21-/m0/s1. The van der Waals surface area contributed by atoms with Gasteiger partial charge in [-0.1, -0.05) is 53.9 Å². The number of nitrogens with one attached hydrogen (secondary N) is 1. The minimum atomic E-state index is -0.606. The quantitative estimate of drug-likeness (QED) is 0.480. The van der Waals surface area contributed by atoms with Crippen molar-refractivity contribution in [3.8, 4) is 0 Å². The van der Waals surface area contributed by atoms with Crippen LogP contribution in [0.1, 0.15) is 38.3 Å². The first-order valence-corrected chi connectivity index (χ1v) is 11.7. The van der Waals surface area contributed by atoms with Gasteiger partial charge in [-0.3, -0.25) is 9.59 Å². The summed E-state index contributed by atoms with van der Waals surface area (Å²) in [7, 11) is 0. The topological polar surface area (TPSA) is 49.4 Å². The van der Waals surface area contributed by atoms with Gasteiger partial charge in [0.15, 0.2) is 0 Å². The third-order valence-electron chi connectivity index (χ3n) is 4.59. The van der Waals surface area contributed by atoms with Crippen molar-refractivity contribution in [1.82, 2.24) is 10.2 Å². The Morgan fingerprint density at radius 3 is 2.20 bits per heavy atom. The number of carbonyl (C=O) groups is 2. The van der Waals surface area contributed by atoms with Gasteiger partial charge in [0, 0.05) is 33.1 Å². The van der Waals surface area contributed by atoms with Crippen molar-refractivity contribution in [3.63, 3.8) is 0 Å². The van der Waals surface area contributed by atoms with Crippen LogP contribution in [-0.2, 0) is 16.1 Å². The summed E-state index contributed by atoms with van der Waals surface area (Å²) in [5, 5.41) is 3.87. The summed E-state index contributed by atoms with van der Waals surface area (Å²) < 4.78 is 0. The van der Waals surface area contributed by atoms with Crippen LogP contribution in [0.4, 0.5) is 0 Å². The van der Waals surface area contributed by atoms with Gasteiger partial charge < -0.3 is 10.2 Å². The summed E-state index contributed by atoms with van der Waals surface area (Å²) >= 11 is 14.1. The van der Waals surface area contributed by atoms with Gasteiger partial charge in [-0.05, 0) is 51.5 Å². The zero-order valence-corrected chi connectivity index (χ0v) is 20.1. The molecule has 0 saturated carbocycles. The highest BCUT2D eigenvalue weighted by molar-refractivity contribution is 8.00. The van der Waals surface area contributed by atoms with Crippen molar-refractivity contribution in [1.29, 1.82) is 0 Å². The van der Waals surface area contributed by atoms with Gasteiger partial charge >= 0.3 is 0 Å². The van der Waals surface area contributed by atoms with Crippen LogP contribution in [-0.4, -0.2) is 34.6 Å². The van der Waals surface area contributed by atoms with Crippen LogP contribution in [0, 0.1) is 6.92 Å². The van der Waals surface area contributed by atoms with E-state index in [4.69, 9.17) is 23.2 Å². The van der Waals surface area contributed by atoms with E-state index in [-0.39, 0.29) is 30.2 Å². The van der Waals surface area contributed by atoms with Gasteiger partial charge in [-0.15, -0.1) is 11.8 Å². The SMILES string of the molecule is CC[C@@H](C(=O)NC(C)C)N(Cc1c(Cl)cccc1Cl)C(=O)CSc1ccc(C)cc1. The van der Waals surface area contributed by atoms with E-state index >= 15 is 0 Å². The summed E-state index contributed by atoms with van der Waals surface area (Å²) in [6.07, 6.45) is 0.488. The molecule has 30 heavy (non-hydrogen) atoms. The summed E-state index contributed by atoms with van der Waals surface area (Å²) in [4.78, 5) is 28.7. The maximum Gasteiger partial charge on any atom is 0.243 e. The van der Waals surface area contributed by atoms with Crippen molar-refractivity contribution in [3.05, 3.63) is 63.6 Å². The molecule has 0 aliphatic heterocycles. The third kappa shape index (κ3) is 6.93. The lowest BCUT2D eigenvalue weighted by Gasteiger charge is -2.31. The second kappa shape index (κ2) is 11.6. The molecule has 0 aliphatic rings. The Labute approximate surface area is 193 Å². The number of nitrogens with zero attached hydrogens (tertiary/aromatic N) is 1. The highest BCUT2D eigenvalue weighted by atomic mass is 35.5. The molecule has 0 bridgehead atoms. The fourth-order valence-electron chi connectivity index (χ4n) is 3.02. The van der Waals surface area contributed by atoms with Crippen molar-refractivity contribution in [2.45, 2.75) is 57.6 Å². The lowest BCUT2D eigenvalue weighted by Crippen LogP contribution is -2.51. The monoisotopic (exact) mass is 466 g/mol. The second-order valence-electron chi connectivity index (χ2n) is 7.41. The number of benzene rings is 2. The molecule has 0 aromatic heterocycles. The molecule has 2 rings (SSSR count). The molecule has 0 unspecified atom stereocenters. The van der Waals surface area contributed by atoms with E-state index in [9.17, 15) is 9.59 Å². The van der Waals surface area contributed by atoms with Crippen LogP contribution < -0.4 is 5.32 Å². The molecule has 4 nitrogen and oxygen atoms in total. The van der Waals surface area contributed by atoms with Gasteiger partial charge in [0.05, 0.1) is 5.75 Å². The van der Waals surface area contributed by atoms with E-state index in [0.29, 0.717) is 22.0 Å². The van der Waals surface area contributed by atoms with Crippen LogP contribution in [0.25, 0.3) is 0 Å². The lowest BCUT2D eigenvalue weighted by atomic mass is 10.1. The first-order chi connectivity index (χ1) is 14.2. The number of carbonyl (C=O) groups excluding carboxylic acids is 2. The van der Waals surface area contributed by atoms with Crippen molar-refractivity contribution >= 4 is 46.8 Å². The van der Waals surface area contributed by atoms with Gasteiger partial charge in [0.2, 0.25) is 11.8 Å². The fraction of sp³-hybridized carbons (Fsp3) is 0.391. The molecule has 0 heterocycles. The number of hydrogen-bond acceptors (Lipinski definition) is 3. The Morgan fingerprint density at radius 2 is 1.67 bits per heavy atom. The van der Waals surface area contributed by atoms with Gasteiger partial charge in [0.25, 0.3) is 0 Å². The molecule has 1 N–H and O–H groups in total. The largest absolute Gasteiger partial charge is 0.352 e. The van der Waals surface area contributed by atoms with E-state index in [2.05, 4.69) is 5.32 Å². The average Bonchev–Trinajstić information content (AvgIpc) is 2.68. The van der Waals surface area contributed by atoms with E-state index < -0.39 is 6.04 Å².